The van der Waals surface area contributed by atoms with Gasteiger partial charge >= 0.3 is 5.97 Å². The number of hydrogen-bond donors (Lipinski definition) is 1. The Kier molecular flexibility index (Phi) is 3.95. The first-order valence-electron chi connectivity index (χ1n) is 4.56. The Labute approximate surface area is 88.0 Å². The molecule has 0 saturated heterocycles. The lowest BCUT2D eigenvalue weighted by molar-refractivity contribution is -0.137. The Morgan fingerprint density at radius 2 is 2.43 bits per heavy atom. The monoisotopic (exact) mass is 213 g/mol. The SMILES string of the molecule is CC(CC(=O)O)CN(C)c1cccs1. The average Bonchev–Trinajstić information content (AvgIpc) is 2.53. The highest BCUT2D eigenvalue weighted by Crippen LogP contribution is 2.20. The molecular formula is C10H15NO2S. The van der Waals surface area contributed by atoms with Crippen molar-refractivity contribution < 1.29 is 9.90 Å². The highest BCUT2D eigenvalue weighted by Gasteiger charge is 2.11. The Balaban J connectivity index is 2.41. The minimum Gasteiger partial charge on any atom is -0.481 e. The average molecular weight is 213 g/mol. The van der Waals surface area contributed by atoms with Gasteiger partial charge in [-0.1, -0.05) is 6.92 Å². The predicted molar refractivity (Wildman–Crippen MR) is 59.0 cm³/mol. The van der Waals surface area contributed by atoms with Crippen LogP contribution in [0.2, 0.25) is 0 Å². The largest absolute Gasteiger partial charge is 0.481 e. The zero-order valence-corrected chi connectivity index (χ0v) is 9.25. The summed E-state index contributed by atoms with van der Waals surface area (Å²) in [7, 11) is 1.99. The number of anilines is 1. The number of carboxylic acids is 1. The van der Waals surface area contributed by atoms with Crippen LogP contribution in [-0.4, -0.2) is 24.7 Å². The van der Waals surface area contributed by atoms with Crippen LogP contribution >= 0.6 is 11.3 Å². The van der Waals surface area contributed by atoms with Crippen molar-refractivity contribution in [3.63, 3.8) is 0 Å². The fourth-order valence-electron chi connectivity index (χ4n) is 1.41. The molecule has 4 heteroatoms. The first-order valence-corrected chi connectivity index (χ1v) is 5.44. The second kappa shape index (κ2) is 5.00. The number of aliphatic carboxylic acids is 1. The molecule has 1 rings (SSSR count). The van der Waals surface area contributed by atoms with Gasteiger partial charge in [0.25, 0.3) is 0 Å². The predicted octanol–water partition coefficient (Wildman–Crippen LogP) is 2.30. The summed E-state index contributed by atoms with van der Waals surface area (Å²) < 4.78 is 0. The molecule has 1 heterocycles. The minimum absolute atomic E-state index is 0.180. The molecule has 0 amide bonds. The van der Waals surface area contributed by atoms with Gasteiger partial charge in [-0.2, -0.15) is 0 Å². The molecule has 1 unspecified atom stereocenters. The Morgan fingerprint density at radius 3 is 2.93 bits per heavy atom. The van der Waals surface area contributed by atoms with Crippen molar-refractivity contribution in [1.29, 1.82) is 0 Å². The van der Waals surface area contributed by atoms with Crippen molar-refractivity contribution in [1.82, 2.24) is 0 Å². The zero-order valence-electron chi connectivity index (χ0n) is 8.43. The first-order chi connectivity index (χ1) is 6.59. The standard InChI is InChI=1S/C10H15NO2S/c1-8(6-10(12)13)7-11(2)9-4-3-5-14-9/h3-5,8H,6-7H2,1-2H3,(H,12,13). The fraction of sp³-hybridized carbons (Fsp3) is 0.500. The summed E-state index contributed by atoms with van der Waals surface area (Å²) >= 11 is 1.67. The van der Waals surface area contributed by atoms with Gasteiger partial charge in [-0.25, -0.2) is 0 Å². The van der Waals surface area contributed by atoms with Crippen LogP contribution in [0.1, 0.15) is 13.3 Å². The third kappa shape index (κ3) is 3.38. The van der Waals surface area contributed by atoms with Gasteiger partial charge in [-0.15, -0.1) is 11.3 Å². The molecule has 3 nitrogen and oxygen atoms in total. The van der Waals surface area contributed by atoms with Crippen molar-refractivity contribution >= 4 is 22.3 Å². The van der Waals surface area contributed by atoms with Crippen molar-refractivity contribution in [2.45, 2.75) is 13.3 Å². The number of nitrogens with zero attached hydrogens (tertiary/aromatic N) is 1. The summed E-state index contributed by atoms with van der Waals surface area (Å²) in [4.78, 5) is 12.6. The van der Waals surface area contributed by atoms with E-state index < -0.39 is 5.97 Å². The molecule has 0 bridgehead atoms. The van der Waals surface area contributed by atoms with Crippen LogP contribution < -0.4 is 4.90 Å². The third-order valence-electron chi connectivity index (χ3n) is 1.99. The molecule has 1 N–H and O–H groups in total. The lowest BCUT2D eigenvalue weighted by atomic mass is 10.1. The van der Waals surface area contributed by atoms with Crippen molar-refractivity contribution in [3.05, 3.63) is 17.5 Å². The van der Waals surface area contributed by atoms with Crippen LogP contribution in [0.25, 0.3) is 0 Å². The normalized spacial score (nSPS) is 12.4. The van der Waals surface area contributed by atoms with Gasteiger partial charge in [0.05, 0.1) is 5.00 Å². The molecule has 0 spiro atoms. The van der Waals surface area contributed by atoms with Crippen LogP contribution in [0.15, 0.2) is 17.5 Å². The van der Waals surface area contributed by atoms with E-state index in [0.29, 0.717) is 0 Å². The van der Waals surface area contributed by atoms with E-state index in [4.69, 9.17) is 5.11 Å². The van der Waals surface area contributed by atoms with Crippen LogP contribution in [-0.2, 0) is 4.79 Å². The molecule has 1 atom stereocenters. The van der Waals surface area contributed by atoms with E-state index in [1.165, 1.54) is 5.00 Å². The minimum atomic E-state index is -0.725. The molecule has 0 aliphatic heterocycles. The first kappa shape index (κ1) is 11.0. The van der Waals surface area contributed by atoms with Crippen LogP contribution in [0.4, 0.5) is 5.00 Å². The summed E-state index contributed by atoms with van der Waals surface area (Å²) in [5.74, 6) is -0.545. The molecule has 14 heavy (non-hydrogen) atoms. The van der Waals surface area contributed by atoms with Gasteiger partial charge in [0.15, 0.2) is 0 Å². The number of rotatable bonds is 5. The zero-order chi connectivity index (χ0) is 10.6. The summed E-state index contributed by atoms with van der Waals surface area (Å²) in [5.41, 5.74) is 0. The van der Waals surface area contributed by atoms with E-state index in [0.717, 1.165) is 6.54 Å². The highest BCUT2D eigenvalue weighted by molar-refractivity contribution is 7.14. The maximum absolute atomic E-state index is 10.5. The number of thiophene rings is 1. The van der Waals surface area contributed by atoms with Gasteiger partial charge in [-0.3, -0.25) is 4.79 Å². The third-order valence-corrected chi connectivity index (χ3v) is 2.97. The van der Waals surface area contributed by atoms with Gasteiger partial charge in [0.1, 0.15) is 0 Å². The Morgan fingerprint density at radius 1 is 1.71 bits per heavy atom. The van der Waals surface area contributed by atoms with Crippen LogP contribution in [0, 0.1) is 5.92 Å². The van der Waals surface area contributed by atoms with Crippen molar-refractivity contribution in [2.75, 3.05) is 18.5 Å². The fourth-order valence-corrected chi connectivity index (χ4v) is 2.12. The summed E-state index contributed by atoms with van der Waals surface area (Å²) in [5, 5.41) is 11.8. The summed E-state index contributed by atoms with van der Waals surface area (Å²) in [6.45, 7) is 2.74. The number of carboxylic acid groups (broad SMARTS) is 1. The number of hydrogen-bond acceptors (Lipinski definition) is 3. The number of carbonyl (C=O) groups is 1. The Hall–Kier alpha value is -1.03. The van der Waals surface area contributed by atoms with Gasteiger partial charge in [0.2, 0.25) is 0 Å². The Bertz CT molecular complexity index is 284. The highest BCUT2D eigenvalue weighted by atomic mass is 32.1. The topological polar surface area (TPSA) is 40.5 Å². The molecule has 0 aliphatic carbocycles. The van der Waals surface area contributed by atoms with E-state index >= 15 is 0 Å². The maximum atomic E-state index is 10.5. The quantitative estimate of drug-likeness (QED) is 0.816. The van der Waals surface area contributed by atoms with Gasteiger partial charge in [-0.05, 0) is 23.4 Å². The van der Waals surface area contributed by atoms with Crippen molar-refractivity contribution in [2.24, 2.45) is 5.92 Å². The molecule has 0 saturated carbocycles. The summed E-state index contributed by atoms with van der Waals surface area (Å²) in [6, 6.07) is 4.04. The molecule has 0 aromatic carbocycles. The van der Waals surface area contributed by atoms with Gasteiger partial charge < -0.3 is 10.0 Å². The van der Waals surface area contributed by atoms with E-state index in [2.05, 4.69) is 4.90 Å². The van der Waals surface area contributed by atoms with Crippen molar-refractivity contribution in [3.8, 4) is 0 Å². The maximum Gasteiger partial charge on any atom is 0.303 e. The van der Waals surface area contributed by atoms with Gasteiger partial charge in [0, 0.05) is 20.0 Å². The van der Waals surface area contributed by atoms with E-state index in [9.17, 15) is 4.79 Å². The van der Waals surface area contributed by atoms with E-state index in [-0.39, 0.29) is 12.3 Å². The molecule has 0 fully saturated rings. The second-order valence-corrected chi connectivity index (χ2v) is 4.46. The molecule has 78 valence electrons. The second-order valence-electron chi connectivity index (χ2n) is 3.53. The van der Waals surface area contributed by atoms with Crippen LogP contribution in [0.5, 0.6) is 0 Å². The summed E-state index contributed by atoms with van der Waals surface area (Å²) in [6.07, 6.45) is 0.232. The van der Waals surface area contributed by atoms with E-state index in [1.807, 2.05) is 31.5 Å². The van der Waals surface area contributed by atoms with E-state index in [1.54, 1.807) is 11.3 Å². The molecule has 0 aliphatic rings. The molecular weight excluding hydrogens is 198 g/mol. The molecule has 1 aromatic rings. The molecule has 1 aromatic heterocycles. The van der Waals surface area contributed by atoms with Crippen LogP contribution in [0.3, 0.4) is 0 Å². The lowest BCUT2D eigenvalue weighted by Gasteiger charge is -2.20. The lowest BCUT2D eigenvalue weighted by Crippen LogP contribution is -2.24. The molecule has 0 radical (unpaired) electrons. The smallest absolute Gasteiger partial charge is 0.303 e.